The fourth-order valence-corrected chi connectivity index (χ4v) is 2.88. The Morgan fingerprint density at radius 2 is 1.35 bits per heavy atom. The van der Waals surface area contributed by atoms with Gasteiger partial charge in [0.05, 0.1) is 17.2 Å². The summed E-state index contributed by atoms with van der Waals surface area (Å²) in [5.41, 5.74) is 2.81. The van der Waals surface area contributed by atoms with Crippen molar-refractivity contribution in [2.24, 2.45) is 5.73 Å². The lowest BCUT2D eigenvalue weighted by Crippen LogP contribution is -2.37. The first-order valence-electron chi connectivity index (χ1n) is 8.88. The molecule has 0 aliphatic rings. The Morgan fingerprint density at radius 3 is 1.77 bits per heavy atom. The molecule has 2 aromatic carbocycles. The summed E-state index contributed by atoms with van der Waals surface area (Å²) in [5, 5.41) is 18.7. The molecule has 0 aliphatic carbocycles. The number of nitrogens with two attached hydrogens (primary N) is 1. The predicted molar refractivity (Wildman–Crippen MR) is 104 cm³/mol. The average Bonchev–Trinajstić information content (AvgIpc) is 2.60. The van der Waals surface area contributed by atoms with Crippen molar-refractivity contribution >= 4 is 12.4 Å². The maximum atomic E-state index is 12.9. The van der Waals surface area contributed by atoms with E-state index in [0.29, 0.717) is 17.7 Å². The molecule has 2 rings (SSSR count). The predicted octanol–water partition coefficient (Wildman–Crippen LogP) is 5.25. The summed E-state index contributed by atoms with van der Waals surface area (Å²) in [6.45, 7) is 1.44. The Hall–Kier alpha value is -2.01. The van der Waals surface area contributed by atoms with Gasteiger partial charge in [-0.2, -0.15) is 26.3 Å². The van der Waals surface area contributed by atoms with E-state index in [9.17, 15) is 31.4 Å². The summed E-state index contributed by atoms with van der Waals surface area (Å²) < 4.78 is 82.9. The zero-order valence-electron chi connectivity index (χ0n) is 16.3. The Labute approximate surface area is 181 Å². The second-order valence-electron chi connectivity index (χ2n) is 7.16. The number of aliphatic hydroxyl groups is 2. The van der Waals surface area contributed by atoms with Gasteiger partial charge in [-0.3, -0.25) is 0 Å². The van der Waals surface area contributed by atoms with Crippen LogP contribution >= 0.6 is 12.4 Å². The van der Waals surface area contributed by atoms with Gasteiger partial charge in [-0.1, -0.05) is 12.1 Å². The SMILES string of the molecule is CC(N)(CC(O)CCO)c1ccc(Oc2cc(C(F)(F)F)cc(C(F)(F)F)c2)cc1.Cl. The summed E-state index contributed by atoms with van der Waals surface area (Å²) in [6.07, 6.45) is -10.5. The smallest absolute Gasteiger partial charge is 0.416 e. The van der Waals surface area contributed by atoms with E-state index < -0.39 is 40.9 Å². The third-order valence-electron chi connectivity index (χ3n) is 4.43. The number of benzene rings is 2. The molecule has 4 nitrogen and oxygen atoms in total. The van der Waals surface area contributed by atoms with Crippen LogP contribution in [-0.2, 0) is 17.9 Å². The van der Waals surface area contributed by atoms with Gasteiger partial charge >= 0.3 is 12.4 Å². The van der Waals surface area contributed by atoms with Crippen LogP contribution in [0.15, 0.2) is 42.5 Å². The van der Waals surface area contributed by atoms with Crippen molar-refractivity contribution < 1.29 is 41.3 Å². The van der Waals surface area contributed by atoms with Crippen LogP contribution in [-0.4, -0.2) is 22.9 Å². The Bertz CT molecular complexity index is 821. The zero-order valence-corrected chi connectivity index (χ0v) is 17.1. The zero-order chi connectivity index (χ0) is 22.7. The van der Waals surface area contributed by atoms with Crippen molar-refractivity contribution in [2.45, 2.75) is 43.8 Å². The van der Waals surface area contributed by atoms with Crippen molar-refractivity contribution in [1.82, 2.24) is 0 Å². The summed E-state index contributed by atoms with van der Waals surface area (Å²) in [5.74, 6) is -0.600. The number of aliphatic hydroxyl groups excluding tert-OH is 2. The van der Waals surface area contributed by atoms with Crippen molar-refractivity contribution in [3.05, 3.63) is 59.2 Å². The molecule has 2 aromatic rings. The van der Waals surface area contributed by atoms with Crippen LogP contribution in [0.2, 0.25) is 0 Å². The average molecular weight is 474 g/mol. The molecule has 0 aliphatic heterocycles. The molecule has 31 heavy (non-hydrogen) atoms. The number of hydrogen-bond acceptors (Lipinski definition) is 4. The van der Waals surface area contributed by atoms with Gasteiger partial charge in [-0.05, 0) is 55.7 Å². The molecule has 0 radical (unpaired) electrons. The fourth-order valence-electron chi connectivity index (χ4n) is 2.88. The highest BCUT2D eigenvalue weighted by molar-refractivity contribution is 5.85. The van der Waals surface area contributed by atoms with E-state index in [0.717, 1.165) is 0 Å². The molecule has 2 unspecified atom stereocenters. The Morgan fingerprint density at radius 1 is 0.871 bits per heavy atom. The standard InChI is InChI=1S/C20H21F6NO3.ClH/c1-18(27,11-15(29)6-7-28)12-2-4-16(5-3-12)30-17-9-13(19(21,22)23)8-14(10-17)20(24,25)26;/h2-5,8-10,15,28-29H,6-7,11,27H2,1H3;1H. The highest BCUT2D eigenvalue weighted by Crippen LogP contribution is 2.39. The largest absolute Gasteiger partial charge is 0.457 e. The van der Waals surface area contributed by atoms with Crippen LogP contribution < -0.4 is 10.5 Å². The summed E-state index contributed by atoms with van der Waals surface area (Å²) in [4.78, 5) is 0. The van der Waals surface area contributed by atoms with Crippen LogP contribution in [0.1, 0.15) is 36.5 Å². The second kappa shape index (κ2) is 10.1. The summed E-state index contributed by atoms with van der Waals surface area (Å²) in [7, 11) is 0. The van der Waals surface area contributed by atoms with Crippen LogP contribution in [0.5, 0.6) is 11.5 Å². The molecule has 0 saturated carbocycles. The van der Waals surface area contributed by atoms with Gasteiger partial charge in [-0.15, -0.1) is 12.4 Å². The van der Waals surface area contributed by atoms with Crippen molar-refractivity contribution in [3.63, 3.8) is 0 Å². The van der Waals surface area contributed by atoms with Gasteiger partial charge in [0.2, 0.25) is 0 Å². The molecule has 11 heteroatoms. The monoisotopic (exact) mass is 473 g/mol. The molecule has 2 atom stereocenters. The quantitative estimate of drug-likeness (QED) is 0.480. The Balaban J connectivity index is 0.00000480. The van der Waals surface area contributed by atoms with Crippen molar-refractivity contribution in [1.29, 1.82) is 0 Å². The lowest BCUT2D eigenvalue weighted by molar-refractivity contribution is -0.143. The highest BCUT2D eigenvalue weighted by atomic mass is 35.5. The van der Waals surface area contributed by atoms with Crippen LogP contribution in [0.25, 0.3) is 0 Å². The van der Waals surface area contributed by atoms with Crippen molar-refractivity contribution in [2.75, 3.05) is 6.61 Å². The minimum atomic E-state index is -4.97. The van der Waals surface area contributed by atoms with Crippen molar-refractivity contribution in [3.8, 4) is 11.5 Å². The number of rotatable bonds is 7. The van der Waals surface area contributed by atoms with Gasteiger partial charge < -0.3 is 20.7 Å². The molecule has 0 spiro atoms. The van der Waals surface area contributed by atoms with Crippen LogP contribution in [0.4, 0.5) is 26.3 Å². The summed E-state index contributed by atoms with van der Waals surface area (Å²) >= 11 is 0. The molecule has 0 aromatic heterocycles. The van der Waals surface area contributed by atoms with E-state index in [1.54, 1.807) is 6.92 Å². The fraction of sp³-hybridized carbons (Fsp3) is 0.400. The first kappa shape index (κ1) is 27.0. The number of hydrogen-bond donors (Lipinski definition) is 3. The van der Waals surface area contributed by atoms with E-state index in [1.165, 1.54) is 24.3 Å². The molecular weight excluding hydrogens is 452 g/mol. The van der Waals surface area contributed by atoms with Crippen LogP contribution in [0, 0.1) is 0 Å². The van der Waals surface area contributed by atoms with E-state index in [2.05, 4.69) is 0 Å². The van der Waals surface area contributed by atoms with E-state index in [4.69, 9.17) is 15.6 Å². The second-order valence-corrected chi connectivity index (χ2v) is 7.16. The topological polar surface area (TPSA) is 75.7 Å². The first-order chi connectivity index (χ1) is 13.7. The minimum Gasteiger partial charge on any atom is -0.457 e. The van der Waals surface area contributed by atoms with Gasteiger partial charge in [0.15, 0.2) is 0 Å². The van der Waals surface area contributed by atoms with E-state index in [-0.39, 0.29) is 43.7 Å². The molecule has 4 N–H and O–H groups in total. The van der Waals surface area contributed by atoms with Gasteiger partial charge in [0, 0.05) is 12.1 Å². The van der Waals surface area contributed by atoms with E-state index in [1.807, 2.05) is 0 Å². The number of halogens is 7. The number of alkyl halides is 6. The normalized spacial score (nSPS) is 15.0. The highest BCUT2D eigenvalue weighted by Gasteiger charge is 2.37. The molecule has 0 saturated heterocycles. The maximum Gasteiger partial charge on any atom is 0.416 e. The van der Waals surface area contributed by atoms with Crippen LogP contribution in [0.3, 0.4) is 0 Å². The summed E-state index contributed by atoms with van der Waals surface area (Å²) in [6, 6.07) is 6.70. The third kappa shape index (κ3) is 7.57. The van der Waals surface area contributed by atoms with Gasteiger partial charge in [0.25, 0.3) is 0 Å². The molecule has 0 amide bonds. The Kier molecular flexibility index (Phi) is 8.78. The van der Waals surface area contributed by atoms with E-state index >= 15 is 0 Å². The lowest BCUT2D eigenvalue weighted by atomic mass is 9.87. The third-order valence-corrected chi connectivity index (χ3v) is 4.43. The first-order valence-corrected chi connectivity index (χ1v) is 8.88. The molecule has 0 heterocycles. The van der Waals surface area contributed by atoms with Gasteiger partial charge in [-0.25, -0.2) is 0 Å². The number of ether oxygens (including phenoxy) is 1. The molecule has 0 fully saturated rings. The lowest BCUT2D eigenvalue weighted by Gasteiger charge is -2.28. The minimum absolute atomic E-state index is 0. The molecule has 174 valence electrons. The molecular formula is C20H22ClF6NO3. The maximum absolute atomic E-state index is 12.9. The molecule has 0 bridgehead atoms. The van der Waals surface area contributed by atoms with Gasteiger partial charge in [0.1, 0.15) is 11.5 Å².